The molecule has 248 valence electrons. The zero-order valence-corrected chi connectivity index (χ0v) is 27.6. The first-order chi connectivity index (χ1) is 22.1. The number of nitrogens with one attached hydrogen (secondary N) is 1. The number of halogens is 4. The molecule has 12 heteroatoms. The molecular formula is C35H35ClF3N3O4S. The Bertz CT molecular complexity index is 1800. The summed E-state index contributed by atoms with van der Waals surface area (Å²) in [5.74, 6) is -1.33. The van der Waals surface area contributed by atoms with E-state index in [1.165, 1.54) is 35.2 Å². The summed E-state index contributed by atoms with van der Waals surface area (Å²) in [5, 5.41) is 3.23. The van der Waals surface area contributed by atoms with Crippen molar-refractivity contribution in [2.75, 3.05) is 10.8 Å². The van der Waals surface area contributed by atoms with Gasteiger partial charge >= 0.3 is 6.18 Å². The molecule has 0 aliphatic heterocycles. The Morgan fingerprint density at radius 3 is 2.02 bits per heavy atom. The van der Waals surface area contributed by atoms with Crippen molar-refractivity contribution in [1.29, 1.82) is 0 Å². The van der Waals surface area contributed by atoms with E-state index < -0.39 is 51.7 Å². The van der Waals surface area contributed by atoms with Gasteiger partial charge in [-0.1, -0.05) is 84.4 Å². The van der Waals surface area contributed by atoms with Crippen LogP contribution >= 0.6 is 11.6 Å². The molecule has 4 aromatic carbocycles. The first-order valence-corrected chi connectivity index (χ1v) is 16.5. The van der Waals surface area contributed by atoms with Crippen LogP contribution in [0.3, 0.4) is 0 Å². The van der Waals surface area contributed by atoms with Crippen LogP contribution in [0.15, 0.2) is 114 Å². The molecule has 1 unspecified atom stereocenters. The predicted octanol–water partition coefficient (Wildman–Crippen LogP) is 7.11. The van der Waals surface area contributed by atoms with Crippen LogP contribution in [0.25, 0.3) is 0 Å². The fourth-order valence-electron chi connectivity index (χ4n) is 4.90. The van der Waals surface area contributed by atoms with Gasteiger partial charge in [0.1, 0.15) is 12.6 Å². The van der Waals surface area contributed by atoms with E-state index in [9.17, 15) is 31.2 Å². The lowest BCUT2D eigenvalue weighted by atomic mass is 10.0. The Kier molecular flexibility index (Phi) is 11.0. The standard InChI is InChI=1S/C35H35ClF3N3O4S/c1-34(2,3)40-33(44)31(21-25-13-6-4-7-14-25)41(23-26-15-10-11-20-30(26)36)32(43)24-42(47(45,46)29-18-8-5-9-19-29)28-17-12-16-27(22-28)35(37,38)39/h4-20,22,31H,21,23-24H2,1-3H3,(H,40,44). The number of rotatable bonds is 11. The molecule has 0 spiro atoms. The molecule has 0 aliphatic rings. The van der Waals surface area contributed by atoms with E-state index in [4.69, 9.17) is 11.6 Å². The lowest BCUT2D eigenvalue weighted by Crippen LogP contribution is -2.56. The van der Waals surface area contributed by atoms with Crippen LogP contribution in [0, 0.1) is 0 Å². The summed E-state index contributed by atoms with van der Waals surface area (Å²) < 4.78 is 70.0. The highest BCUT2D eigenvalue weighted by Crippen LogP contribution is 2.33. The zero-order chi connectivity index (χ0) is 34.4. The minimum absolute atomic E-state index is 0.0634. The first kappa shape index (κ1) is 35.5. The van der Waals surface area contributed by atoms with Gasteiger partial charge < -0.3 is 10.2 Å². The van der Waals surface area contributed by atoms with Gasteiger partial charge in [-0.25, -0.2) is 8.42 Å². The van der Waals surface area contributed by atoms with Crippen molar-refractivity contribution in [3.8, 4) is 0 Å². The third-order valence-corrected chi connectivity index (χ3v) is 9.30. The Morgan fingerprint density at radius 1 is 0.830 bits per heavy atom. The second kappa shape index (κ2) is 14.6. The zero-order valence-electron chi connectivity index (χ0n) is 26.0. The summed E-state index contributed by atoms with van der Waals surface area (Å²) in [6, 6.07) is 25.4. The molecule has 0 bridgehead atoms. The Morgan fingerprint density at radius 2 is 1.43 bits per heavy atom. The smallest absolute Gasteiger partial charge is 0.350 e. The van der Waals surface area contributed by atoms with Crippen molar-refractivity contribution in [2.24, 2.45) is 0 Å². The topological polar surface area (TPSA) is 86.8 Å². The van der Waals surface area contributed by atoms with Crippen molar-refractivity contribution >= 4 is 39.1 Å². The highest BCUT2D eigenvalue weighted by atomic mass is 35.5. The maximum absolute atomic E-state index is 14.5. The molecule has 7 nitrogen and oxygen atoms in total. The van der Waals surface area contributed by atoms with Gasteiger partial charge in [0.25, 0.3) is 10.0 Å². The van der Waals surface area contributed by atoms with Crippen molar-refractivity contribution < 1.29 is 31.2 Å². The van der Waals surface area contributed by atoms with Gasteiger partial charge in [-0.05, 0) is 68.3 Å². The summed E-state index contributed by atoms with van der Waals surface area (Å²) in [7, 11) is -4.57. The third-order valence-electron chi connectivity index (χ3n) is 7.14. The number of nitrogens with zero attached hydrogens (tertiary/aromatic N) is 2. The SMILES string of the molecule is CC(C)(C)NC(=O)C(Cc1ccccc1)N(Cc1ccccc1Cl)C(=O)CN(c1cccc(C(F)(F)F)c1)S(=O)(=O)c1ccccc1. The third kappa shape index (κ3) is 9.36. The van der Waals surface area contributed by atoms with Crippen LogP contribution in [0.1, 0.15) is 37.5 Å². The molecule has 0 saturated heterocycles. The molecule has 0 aromatic heterocycles. The number of amides is 2. The van der Waals surface area contributed by atoms with E-state index in [-0.39, 0.29) is 23.5 Å². The molecule has 4 aromatic rings. The molecule has 4 rings (SSSR count). The highest BCUT2D eigenvalue weighted by molar-refractivity contribution is 7.92. The number of alkyl halides is 3. The average Bonchev–Trinajstić information content (AvgIpc) is 3.02. The molecule has 1 N–H and O–H groups in total. The van der Waals surface area contributed by atoms with E-state index >= 15 is 0 Å². The molecule has 0 heterocycles. The predicted molar refractivity (Wildman–Crippen MR) is 176 cm³/mol. The Labute approximate surface area is 278 Å². The Balaban J connectivity index is 1.86. The monoisotopic (exact) mass is 685 g/mol. The van der Waals surface area contributed by atoms with E-state index in [1.54, 1.807) is 75.4 Å². The summed E-state index contributed by atoms with van der Waals surface area (Å²) in [4.78, 5) is 29.4. The molecule has 0 saturated carbocycles. The molecule has 0 aliphatic carbocycles. The summed E-state index contributed by atoms with van der Waals surface area (Å²) in [5.41, 5.74) is -0.930. The Hall–Kier alpha value is -4.35. The summed E-state index contributed by atoms with van der Waals surface area (Å²) in [6.45, 7) is 4.26. The lowest BCUT2D eigenvalue weighted by molar-refractivity contribution is -0.140. The van der Waals surface area contributed by atoms with Crippen LogP contribution in [-0.2, 0) is 38.8 Å². The van der Waals surface area contributed by atoms with E-state index in [0.29, 0.717) is 21.0 Å². The second-order valence-corrected chi connectivity index (χ2v) is 14.2. The van der Waals surface area contributed by atoms with Crippen LogP contribution in [0.2, 0.25) is 5.02 Å². The van der Waals surface area contributed by atoms with Crippen LogP contribution in [-0.4, -0.2) is 43.3 Å². The van der Waals surface area contributed by atoms with Gasteiger partial charge in [0.2, 0.25) is 11.8 Å². The van der Waals surface area contributed by atoms with Gasteiger partial charge in [0.15, 0.2) is 0 Å². The fraction of sp³-hybridized carbons (Fsp3) is 0.257. The van der Waals surface area contributed by atoms with Gasteiger partial charge in [0, 0.05) is 23.5 Å². The first-order valence-electron chi connectivity index (χ1n) is 14.7. The van der Waals surface area contributed by atoms with E-state index in [2.05, 4.69) is 5.32 Å². The van der Waals surface area contributed by atoms with Crippen molar-refractivity contribution in [1.82, 2.24) is 10.2 Å². The van der Waals surface area contributed by atoms with Crippen molar-refractivity contribution in [3.05, 3.63) is 131 Å². The molecule has 1 atom stereocenters. The summed E-state index contributed by atoms with van der Waals surface area (Å²) >= 11 is 6.49. The fourth-order valence-corrected chi connectivity index (χ4v) is 6.53. The lowest BCUT2D eigenvalue weighted by Gasteiger charge is -2.35. The second-order valence-electron chi connectivity index (χ2n) is 11.9. The van der Waals surface area contributed by atoms with Gasteiger partial charge in [0.05, 0.1) is 16.1 Å². The molecule has 47 heavy (non-hydrogen) atoms. The van der Waals surface area contributed by atoms with E-state index in [1.807, 2.05) is 6.07 Å². The maximum atomic E-state index is 14.5. The van der Waals surface area contributed by atoms with Gasteiger partial charge in [-0.2, -0.15) is 13.2 Å². The van der Waals surface area contributed by atoms with Crippen molar-refractivity contribution in [2.45, 2.75) is 56.4 Å². The van der Waals surface area contributed by atoms with Gasteiger partial charge in [-0.15, -0.1) is 0 Å². The van der Waals surface area contributed by atoms with Crippen LogP contribution < -0.4 is 9.62 Å². The number of anilines is 1. The molecule has 0 fully saturated rings. The largest absolute Gasteiger partial charge is 0.416 e. The number of sulfonamides is 1. The number of carbonyl (C=O) groups is 2. The molecular weight excluding hydrogens is 651 g/mol. The molecule has 2 amide bonds. The summed E-state index contributed by atoms with van der Waals surface area (Å²) in [6.07, 6.45) is -4.71. The minimum atomic E-state index is -4.77. The minimum Gasteiger partial charge on any atom is -0.350 e. The van der Waals surface area contributed by atoms with Crippen LogP contribution in [0.4, 0.5) is 18.9 Å². The average molecular weight is 686 g/mol. The number of carbonyl (C=O) groups excluding carboxylic acids is 2. The number of hydrogen-bond donors (Lipinski definition) is 1. The number of benzene rings is 4. The molecule has 0 radical (unpaired) electrons. The van der Waals surface area contributed by atoms with Crippen LogP contribution in [0.5, 0.6) is 0 Å². The van der Waals surface area contributed by atoms with Crippen molar-refractivity contribution in [3.63, 3.8) is 0 Å². The van der Waals surface area contributed by atoms with Gasteiger partial charge in [-0.3, -0.25) is 13.9 Å². The highest BCUT2D eigenvalue weighted by Gasteiger charge is 2.37. The normalized spacial score (nSPS) is 12.7. The maximum Gasteiger partial charge on any atom is 0.416 e. The number of hydrogen-bond acceptors (Lipinski definition) is 4. The quantitative estimate of drug-likeness (QED) is 0.182. The van der Waals surface area contributed by atoms with E-state index in [0.717, 1.165) is 17.7 Å².